The summed E-state index contributed by atoms with van der Waals surface area (Å²) in [5, 5.41) is 11.6. The molecule has 0 bridgehead atoms. The molecule has 3 N–H and O–H groups in total. The van der Waals surface area contributed by atoms with Crippen LogP contribution >= 0.6 is 11.3 Å². The second-order valence-electron chi connectivity index (χ2n) is 7.86. The molecule has 7 nitrogen and oxygen atoms in total. The minimum Gasteiger partial charge on any atom is -0.497 e. The van der Waals surface area contributed by atoms with Crippen LogP contribution in [0.1, 0.15) is 40.2 Å². The Labute approximate surface area is 176 Å². The predicted molar refractivity (Wildman–Crippen MR) is 115 cm³/mol. The fourth-order valence-corrected chi connectivity index (χ4v) is 4.70. The maximum Gasteiger partial charge on any atom is 0.265 e. The zero-order chi connectivity index (χ0) is 21.0. The molecule has 8 heteroatoms. The van der Waals surface area contributed by atoms with Crippen molar-refractivity contribution in [2.24, 2.45) is 0 Å². The molecule has 0 unspecified atom stereocenters. The second-order valence-corrected chi connectivity index (χ2v) is 8.89. The largest absolute Gasteiger partial charge is 0.497 e. The molecular weight excluding hydrogens is 388 g/mol. The summed E-state index contributed by atoms with van der Waals surface area (Å²) in [4.78, 5) is 21.6. The van der Waals surface area contributed by atoms with Gasteiger partial charge in [0.05, 0.1) is 18.4 Å². The van der Waals surface area contributed by atoms with Crippen LogP contribution in [0, 0.1) is 6.92 Å². The van der Waals surface area contributed by atoms with Crippen molar-refractivity contribution in [2.45, 2.75) is 38.3 Å². The molecule has 1 aromatic carbocycles. The molecule has 158 valence electrons. The number of aliphatic hydroxyl groups is 1. The maximum atomic E-state index is 12.9. The lowest BCUT2D eigenvalue weighted by Gasteiger charge is -2.31. The number of aryl methyl sites for hydroxylation is 1. The number of carbonyl (C=O) groups is 1. The van der Waals surface area contributed by atoms with Crippen molar-refractivity contribution in [3.05, 3.63) is 40.4 Å². The maximum absolute atomic E-state index is 12.9. The van der Waals surface area contributed by atoms with Crippen LogP contribution in [0.3, 0.4) is 0 Å². The van der Waals surface area contributed by atoms with Crippen LogP contribution in [0.4, 0.5) is 5.13 Å². The number of carbonyl (C=O) groups excluding carboxylic acids is 1. The van der Waals surface area contributed by atoms with Gasteiger partial charge in [0.25, 0.3) is 5.91 Å². The number of amides is 1. The van der Waals surface area contributed by atoms with Crippen LogP contribution in [0.2, 0.25) is 0 Å². The number of likely N-dealkylation sites (N-methyl/N-ethyl adjacent to an activating group) is 1. The Morgan fingerprint density at radius 1 is 1.34 bits per heavy atom. The van der Waals surface area contributed by atoms with Gasteiger partial charge in [-0.15, -0.1) is 0 Å². The Balaban J connectivity index is 1.58. The third-order valence-electron chi connectivity index (χ3n) is 5.39. The molecular formula is C21H30N4O3S. The highest BCUT2D eigenvalue weighted by atomic mass is 32.1. The van der Waals surface area contributed by atoms with E-state index in [4.69, 9.17) is 10.5 Å². The average molecular weight is 419 g/mol. The number of ether oxygens (including phenoxy) is 1. The van der Waals surface area contributed by atoms with Gasteiger partial charge in [-0.25, -0.2) is 4.98 Å². The molecule has 0 saturated carbocycles. The van der Waals surface area contributed by atoms with E-state index in [1.165, 1.54) is 16.9 Å². The van der Waals surface area contributed by atoms with E-state index in [0.29, 0.717) is 48.2 Å². The van der Waals surface area contributed by atoms with Gasteiger partial charge in [0.15, 0.2) is 5.13 Å². The van der Waals surface area contributed by atoms with Gasteiger partial charge in [0.2, 0.25) is 0 Å². The zero-order valence-electron chi connectivity index (χ0n) is 17.4. The van der Waals surface area contributed by atoms with Crippen molar-refractivity contribution in [3.8, 4) is 5.75 Å². The quantitative estimate of drug-likeness (QED) is 0.749. The highest BCUT2D eigenvalue weighted by Gasteiger charge is 2.33. The Morgan fingerprint density at radius 2 is 2.07 bits per heavy atom. The van der Waals surface area contributed by atoms with E-state index in [2.05, 4.69) is 9.88 Å². The first kappa shape index (κ1) is 21.5. The topological polar surface area (TPSA) is 91.9 Å². The smallest absolute Gasteiger partial charge is 0.265 e. The summed E-state index contributed by atoms with van der Waals surface area (Å²) in [6.07, 6.45) is 2.00. The summed E-state index contributed by atoms with van der Waals surface area (Å²) in [6, 6.07) is 7.97. The molecule has 0 aliphatic carbocycles. The molecule has 0 radical (unpaired) electrons. The van der Waals surface area contributed by atoms with Crippen molar-refractivity contribution in [3.63, 3.8) is 0 Å². The number of anilines is 1. The molecule has 1 aliphatic heterocycles. The Bertz CT molecular complexity index is 839. The van der Waals surface area contributed by atoms with Gasteiger partial charge in [-0.2, -0.15) is 0 Å². The number of aromatic nitrogens is 1. The van der Waals surface area contributed by atoms with Crippen LogP contribution in [-0.4, -0.2) is 65.2 Å². The monoisotopic (exact) mass is 418 g/mol. The molecule has 1 aromatic heterocycles. The fourth-order valence-electron chi connectivity index (χ4n) is 3.90. The lowest BCUT2D eigenvalue weighted by Crippen LogP contribution is -2.42. The molecule has 1 atom stereocenters. The number of nitrogens with two attached hydrogens (primary N) is 1. The van der Waals surface area contributed by atoms with Crippen LogP contribution in [0.5, 0.6) is 5.75 Å². The SMILES string of the molecule is COc1ccc(CN(C)C[C@]2(O)CCCN(C(=O)c3sc(N)nc3C)CC2)cc1. The van der Waals surface area contributed by atoms with Crippen molar-refractivity contribution >= 4 is 22.4 Å². The number of thiazole rings is 1. The molecule has 1 aliphatic rings. The first-order valence-corrected chi connectivity index (χ1v) is 10.7. The number of likely N-dealkylation sites (tertiary alicyclic amines) is 1. The molecule has 2 heterocycles. The minimum atomic E-state index is -0.808. The van der Waals surface area contributed by atoms with Crippen molar-refractivity contribution in [1.29, 1.82) is 0 Å². The molecule has 1 saturated heterocycles. The molecule has 29 heavy (non-hydrogen) atoms. The summed E-state index contributed by atoms with van der Waals surface area (Å²) in [5.74, 6) is 0.800. The van der Waals surface area contributed by atoms with Crippen molar-refractivity contribution in [2.75, 3.05) is 39.5 Å². The standard InChI is InChI=1S/C21H30N4O3S/c1-15-18(29-20(22)23-15)19(26)25-11-4-9-21(27,10-12-25)14-24(2)13-16-5-7-17(28-3)8-6-16/h5-8,27H,4,9-14H2,1-3H3,(H2,22,23)/t21-/m0/s1. The number of rotatable bonds is 6. The third-order valence-corrected chi connectivity index (χ3v) is 6.36. The lowest BCUT2D eigenvalue weighted by molar-refractivity contribution is -0.00399. The predicted octanol–water partition coefficient (Wildman–Crippen LogP) is 2.53. The normalized spacial score (nSPS) is 20.0. The van der Waals surface area contributed by atoms with Crippen LogP contribution in [-0.2, 0) is 6.54 Å². The number of nitrogen functional groups attached to an aromatic ring is 1. The van der Waals surface area contributed by atoms with E-state index in [0.717, 1.165) is 18.7 Å². The number of hydrogen-bond acceptors (Lipinski definition) is 7. The Kier molecular flexibility index (Phi) is 6.77. The third kappa shape index (κ3) is 5.46. The number of methoxy groups -OCH3 is 1. The van der Waals surface area contributed by atoms with Crippen molar-refractivity contribution in [1.82, 2.24) is 14.8 Å². The highest BCUT2D eigenvalue weighted by Crippen LogP contribution is 2.27. The van der Waals surface area contributed by atoms with Gasteiger partial charge in [0, 0.05) is 26.2 Å². The summed E-state index contributed by atoms with van der Waals surface area (Å²) in [6.45, 7) is 4.29. The Morgan fingerprint density at radius 3 is 2.69 bits per heavy atom. The molecule has 1 amide bonds. The van der Waals surface area contributed by atoms with Crippen molar-refractivity contribution < 1.29 is 14.6 Å². The summed E-state index contributed by atoms with van der Waals surface area (Å²) < 4.78 is 5.20. The Hall–Kier alpha value is -2.16. The van der Waals surface area contributed by atoms with Crippen LogP contribution in [0.25, 0.3) is 0 Å². The molecule has 3 rings (SSSR count). The van der Waals surface area contributed by atoms with E-state index in [-0.39, 0.29) is 5.91 Å². The van der Waals surface area contributed by atoms with Gasteiger partial charge >= 0.3 is 0 Å². The lowest BCUT2D eigenvalue weighted by atomic mass is 9.94. The highest BCUT2D eigenvalue weighted by molar-refractivity contribution is 7.17. The minimum absolute atomic E-state index is 0.0347. The number of nitrogens with zero attached hydrogens (tertiary/aromatic N) is 3. The fraction of sp³-hybridized carbons (Fsp3) is 0.524. The summed E-state index contributed by atoms with van der Waals surface area (Å²) >= 11 is 1.23. The van der Waals surface area contributed by atoms with Crippen LogP contribution in [0.15, 0.2) is 24.3 Å². The summed E-state index contributed by atoms with van der Waals surface area (Å²) in [5.41, 5.74) is 6.78. The van der Waals surface area contributed by atoms with E-state index in [1.54, 1.807) is 7.11 Å². The first-order chi connectivity index (χ1) is 13.8. The number of benzene rings is 1. The van der Waals surface area contributed by atoms with Crippen LogP contribution < -0.4 is 10.5 Å². The van der Waals surface area contributed by atoms with Gasteiger partial charge in [-0.3, -0.25) is 9.69 Å². The molecule has 1 fully saturated rings. The van der Waals surface area contributed by atoms with Gasteiger partial charge in [0.1, 0.15) is 10.6 Å². The average Bonchev–Trinajstić information content (AvgIpc) is 2.90. The van der Waals surface area contributed by atoms with Gasteiger partial charge < -0.3 is 20.5 Å². The molecule has 2 aromatic rings. The second kappa shape index (κ2) is 9.11. The van der Waals surface area contributed by atoms with E-state index < -0.39 is 5.60 Å². The van der Waals surface area contributed by atoms with E-state index >= 15 is 0 Å². The van der Waals surface area contributed by atoms with Gasteiger partial charge in [-0.1, -0.05) is 23.5 Å². The van der Waals surface area contributed by atoms with Gasteiger partial charge in [-0.05, 0) is 50.9 Å². The molecule has 0 spiro atoms. The zero-order valence-corrected chi connectivity index (χ0v) is 18.2. The van der Waals surface area contributed by atoms with E-state index in [9.17, 15) is 9.90 Å². The first-order valence-electron chi connectivity index (χ1n) is 9.86. The van der Waals surface area contributed by atoms with E-state index in [1.807, 2.05) is 43.1 Å². The number of hydrogen-bond donors (Lipinski definition) is 2. The summed E-state index contributed by atoms with van der Waals surface area (Å²) in [7, 11) is 3.67.